The molecule has 144 valence electrons. The van der Waals surface area contributed by atoms with Crippen LogP contribution in [0, 0.1) is 6.92 Å². The number of para-hydroxylation sites is 1. The van der Waals surface area contributed by atoms with E-state index in [-0.39, 0.29) is 24.0 Å². The average Bonchev–Trinajstić information content (AvgIpc) is 3.17. The van der Waals surface area contributed by atoms with E-state index in [4.69, 9.17) is 0 Å². The van der Waals surface area contributed by atoms with E-state index in [2.05, 4.69) is 58.7 Å². The molecule has 1 aliphatic heterocycles. The van der Waals surface area contributed by atoms with Crippen LogP contribution in [0.2, 0.25) is 0 Å². The second-order valence-corrected chi connectivity index (χ2v) is 7.78. The number of fused-ring (bicyclic) bond motifs is 1. The van der Waals surface area contributed by atoms with Crippen molar-refractivity contribution in [3.8, 4) is 0 Å². The number of aliphatic imine (C=N–C) groups is 1. The molecule has 0 saturated carbocycles. The Labute approximate surface area is 176 Å². The minimum Gasteiger partial charge on any atom is -0.387 e. The van der Waals surface area contributed by atoms with Gasteiger partial charge in [0.15, 0.2) is 5.96 Å². The minimum atomic E-state index is -0.638. The largest absolute Gasteiger partial charge is 0.387 e. The predicted molar refractivity (Wildman–Crippen MR) is 123 cm³/mol. The number of guanidine groups is 1. The Morgan fingerprint density at radius 3 is 2.88 bits per heavy atom. The van der Waals surface area contributed by atoms with Gasteiger partial charge in [-0.15, -0.1) is 24.0 Å². The van der Waals surface area contributed by atoms with Crippen LogP contribution >= 0.6 is 35.7 Å². The highest BCUT2D eigenvalue weighted by Gasteiger charge is 2.31. The van der Waals surface area contributed by atoms with E-state index in [0.29, 0.717) is 6.54 Å². The highest BCUT2D eigenvalue weighted by molar-refractivity contribution is 14.0. The number of rotatable bonds is 6. The molecule has 0 bridgehead atoms. The monoisotopic (exact) mass is 488 g/mol. The minimum absolute atomic E-state index is 0. The lowest BCUT2D eigenvalue weighted by Crippen LogP contribution is -2.40. The third-order valence-corrected chi connectivity index (χ3v) is 5.89. The summed E-state index contributed by atoms with van der Waals surface area (Å²) in [6.07, 6.45) is 1.76. The van der Waals surface area contributed by atoms with Gasteiger partial charge in [-0.2, -0.15) is 11.8 Å². The maximum Gasteiger partial charge on any atom is 0.191 e. The molecule has 0 amide bonds. The van der Waals surface area contributed by atoms with E-state index in [1.54, 1.807) is 11.8 Å². The number of thioether (sulfide) groups is 1. The molecule has 5 nitrogen and oxygen atoms in total. The standard InChI is InChI=1S/C19H28N4OS.HI/c1-3-20-18(22-12-19(24)9-11-25-13-19)21-10-8-15-14(2)23-17-7-5-4-6-16(15)17;/h4-7,23-24H,3,8-13H2,1-2H3,(H2,20,21,22);1H. The fraction of sp³-hybridized carbons (Fsp3) is 0.526. The van der Waals surface area contributed by atoms with Crippen molar-refractivity contribution < 1.29 is 5.11 Å². The second kappa shape index (κ2) is 9.85. The van der Waals surface area contributed by atoms with Gasteiger partial charge in [0.25, 0.3) is 0 Å². The van der Waals surface area contributed by atoms with E-state index < -0.39 is 5.60 Å². The highest BCUT2D eigenvalue weighted by Crippen LogP contribution is 2.27. The number of benzene rings is 1. The normalized spacial score (nSPS) is 20.2. The summed E-state index contributed by atoms with van der Waals surface area (Å²) in [5.41, 5.74) is 3.13. The summed E-state index contributed by atoms with van der Waals surface area (Å²) in [6.45, 7) is 6.26. The third-order valence-electron chi connectivity index (χ3n) is 4.65. The molecule has 0 spiro atoms. The summed E-state index contributed by atoms with van der Waals surface area (Å²) < 4.78 is 0. The molecule has 2 heterocycles. The van der Waals surface area contributed by atoms with Crippen LogP contribution < -0.4 is 10.6 Å². The summed E-state index contributed by atoms with van der Waals surface area (Å²) in [7, 11) is 0. The second-order valence-electron chi connectivity index (χ2n) is 6.67. The van der Waals surface area contributed by atoms with Gasteiger partial charge in [-0.05, 0) is 44.1 Å². The van der Waals surface area contributed by atoms with E-state index >= 15 is 0 Å². The van der Waals surface area contributed by atoms with Crippen molar-refractivity contribution in [1.82, 2.24) is 15.6 Å². The Hall–Kier alpha value is -0.930. The highest BCUT2D eigenvalue weighted by atomic mass is 127. The SMILES string of the molecule is CCNC(=NCC1(O)CCSC1)NCCc1c(C)[nH]c2ccccc12.I. The zero-order chi connectivity index (χ0) is 17.7. The van der Waals surface area contributed by atoms with E-state index in [0.717, 1.165) is 43.4 Å². The number of nitrogens with zero attached hydrogens (tertiary/aromatic N) is 1. The number of hydrogen-bond acceptors (Lipinski definition) is 3. The first-order valence-electron chi connectivity index (χ1n) is 9.00. The molecule has 1 fully saturated rings. The van der Waals surface area contributed by atoms with Gasteiger partial charge in [0.05, 0.1) is 12.1 Å². The van der Waals surface area contributed by atoms with Gasteiger partial charge in [0.1, 0.15) is 0 Å². The molecule has 1 aromatic carbocycles. The molecule has 4 N–H and O–H groups in total. The number of aromatic amines is 1. The van der Waals surface area contributed by atoms with Crippen LogP contribution in [0.25, 0.3) is 10.9 Å². The number of aliphatic hydroxyl groups is 1. The molecule has 3 rings (SSSR count). The molecule has 1 aliphatic rings. The van der Waals surface area contributed by atoms with Gasteiger partial charge in [-0.25, -0.2) is 0 Å². The first-order valence-corrected chi connectivity index (χ1v) is 10.2. The Morgan fingerprint density at radius 2 is 2.15 bits per heavy atom. The van der Waals surface area contributed by atoms with Crippen molar-refractivity contribution in [3.05, 3.63) is 35.5 Å². The van der Waals surface area contributed by atoms with Gasteiger partial charge in [0.2, 0.25) is 0 Å². The van der Waals surface area contributed by atoms with Crippen LogP contribution in [0.4, 0.5) is 0 Å². The average molecular weight is 488 g/mol. The van der Waals surface area contributed by atoms with Crippen LogP contribution in [0.3, 0.4) is 0 Å². The van der Waals surface area contributed by atoms with Gasteiger partial charge in [0, 0.05) is 35.4 Å². The maximum absolute atomic E-state index is 10.5. The lowest BCUT2D eigenvalue weighted by molar-refractivity contribution is 0.0778. The smallest absolute Gasteiger partial charge is 0.191 e. The zero-order valence-electron chi connectivity index (χ0n) is 15.5. The topological polar surface area (TPSA) is 72.4 Å². The quantitative estimate of drug-likeness (QED) is 0.287. The number of aromatic nitrogens is 1. The molecule has 1 unspecified atom stereocenters. The lowest BCUT2D eigenvalue weighted by atomic mass is 10.1. The zero-order valence-corrected chi connectivity index (χ0v) is 18.6. The molecule has 1 saturated heterocycles. The number of nitrogens with one attached hydrogen (secondary N) is 3. The lowest BCUT2D eigenvalue weighted by Gasteiger charge is -2.19. The number of aryl methyl sites for hydroxylation is 1. The predicted octanol–water partition coefficient (Wildman–Crippen LogP) is 3.06. The Kier molecular flexibility index (Phi) is 8.09. The fourth-order valence-corrected chi connectivity index (χ4v) is 4.54. The maximum atomic E-state index is 10.5. The van der Waals surface area contributed by atoms with Crippen molar-refractivity contribution in [3.63, 3.8) is 0 Å². The fourth-order valence-electron chi connectivity index (χ4n) is 3.25. The van der Waals surface area contributed by atoms with Crippen LogP contribution in [-0.4, -0.2) is 52.8 Å². The van der Waals surface area contributed by atoms with E-state index in [1.807, 2.05) is 0 Å². The summed E-state index contributed by atoms with van der Waals surface area (Å²) in [6, 6.07) is 8.42. The van der Waals surface area contributed by atoms with Crippen LogP contribution in [0.5, 0.6) is 0 Å². The summed E-state index contributed by atoms with van der Waals surface area (Å²) >= 11 is 1.80. The Bertz CT molecular complexity index is 740. The van der Waals surface area contributed by atoms with Crippen LogP contribution in [-0.2, 0) is 6.42 Å². The molecule has 0 radical (unpaired) electrons. The Morgan fingerprint density at radius 1 is 1.35 bits per heavy atom. The molecule has 7 heteroatoms. The van der Waals surface area contributed by atoms with Crippen LogP contribution in [0.15, 0.2) is 29.3 Å². The third kappa shape index (κ3) is 5.29. The summed E-state index contributed by atoms with van der Waals surface area (Å²) in [5, 5.41) is 18.4. The Balaban J connectivity index is 0.00000243. The van der Waals surface area contributed by atoms with Crippen molar-refractivity contribution >= 4 is 52.6 Å². The summed E-state index contributed by atoms with van der Waals surface area (Å²) in [4.78, 5) is 8.04. The first kappa shape index (κ1) is 21.4. The van der Waals surface area contributed by atoms with Gasteiger partial charge in [-0.1, -0.05) is 18.2 Å². The van der Waals surface area contributed by atoms with Crippen molar-refractivity contribution in [1.29, 1.82) is 0 Å². The molecule has 0 aliphatic carbocycles. The molecule has 1 atom stereocenters. The molecule has 26 heavy (non-hydrogen) atoms. The van der Waals surface area contributed by atoms with Gasteiger partial charge >= 0.3 is 0 Å². The van der Waals surface area contributed by atoms with Crippen LogP contribution in [0.1, 0.15) is 24.6 Å². The number of halogens is 1. The van der Waals surface area contributed by atoms with Gasteiger partial charge in [-0.3, -0.25) is 4.99 Å². The van der Waals surface area contributed by atoms with Crippen molar-refractivity contribution in [2.24, 2.45) is 4.99 Å². The molecule has 2 aromatic rings. The first-order chi connectivity index (χ1) is 12.1. The van der Waals surface area contributed by atoms with Crippen molar-refractivity contribution in [2.75, 3.05) is 31.1 Å². The molecular formula is C19H29IN4OS. The summed E-state index contributed by atoms with van der Waals surface area (Å²) in [5.74, 6) is 2.59. The number of H-pyrrole nitrogens is 1. The van der Waals surface area contributed by atoms with Crippen molar-refractivity contribution in [2.45, 2.75) is 32.3 Å². The molecular weight excluding hydrogens is 459 g/mol. The van der Waals surface area contributed by atoms with E-state index in [9.17, 15) is 5.11 Å². The molecule has 1 aromatic heterocycles. The van der Waals surface area contributed by atoms with E-state index in [1.165, 1.54) is 22.2 Å². The van der Waals surface area contributed by atoms with Gasteiger partial charge < -0.3 is 20.7 Å². The number of hydrogen-bond donors (Lipinski definition) is 4.